The van der Waals surface area contributed by atoms with Gasteiger partial charge in [-0.2, -0.15) is 18.3 Å². The van der Waals surface area contributed by atoms with Crippen molar-refractivity contribution in [2.24, 2.45) is 7.05 Å². The van der Waals surface area contributed by atoms with Gasteiger partial charge >= 0.3 is 12.1 Å². The summed E-state index contributed by atoms with van der Waals surface area (Å²) in [6.07, 6.45) is -4.46. The van der Waals surface area contributed by atoms with Gasteiger partial charge in [0.15, 0.2) is 5.69 Å². The Kier molecular flexibility index (Phi) is 5.92. The second-order valence-corrected chi connectivity index (χ2v) is 6.48. The van der Waals surface area contributed by atoms with E-state index in [1.807, 2.05) is 13.8 Å². The summed E-state index contributed by atoms with van der Waals surface area (Å²) in [7, 11) is 1.68. The molecule has 2 rings (SSSR count). The Labute approximate surface area is 154 Å². The Bertz CT molecular complexity index is 827. The molecule has 1 heterocycles. The van der Waals surface area contributed by atoms with Crippen LogP contribution in [0.4, 0.5) is 13.2 Å². The number of rotatable bonds is 6. The number of nitrogens with zero attached hydrogens (tertiary/aromatic N) is 3. The third-order valence-corrected chi connectivity index (χ3v) is 3.99. The first-order valence-electron chi connectivity index (χ1n) is 8.20. The van der Waals surface area contributed by atoms with Crippen molar-refractivity contribution in [3.63, 3.8) is 0 Å². The lowest BCUT2D eigenvalue weighted by molar-refractivity contribution is -0.138. The van der Waals surface area contributed by atoms with Gasteiger partial charge in [0.2, 0.25) is 0 Å². The number of benzene rings is 1. The molecule has 2 aromatic rings. The molecule has 1 N–H and O–H groups in total. The Morgan fingerprint density at radius 1 is 1.22 bits per heavy atom. The van der Waals surface area contributed by atoms with Gasteiger partial charge in [-0.05, 0) is 29.7 Å². The molecule has 0 aliphatic heterocycles. The molecule has 9 heteroatoms. The van der Waals surface area contributed by atoms with Crippen LogP contribution in [-0.2, 0) is 24.6 Å². The van der Waals surface area contributed by atoms with E-state index in [1.165, 1.54) is 12.1 Å². The third-order valence-electron chi connectivity index (χ3n) is 3.99. The van der Waals surface area contributed by atoms with Crippen molar-refractivity contribution in [2.45, 2.75) is 32.5 Å². The number of aliphatic carboxylic acids is 1. The number of carbonyl (C=O) groups is 2. The van der Waals surface area contributed by atoms with E-state index in [2.05, 4.69) is 5.10 Å². The minimum Gasteiger partial charge on any atom is -0.480 e. The number of hydrogen-bond acceptors (Lipinski definition) is 3. The highest BCUT2D eigenvalue weighted by atomic mass is 19.4. The lowest BCUT2D eigenvalue weighted by Crippen LogP contribution is -2.35. The standard InChI is InChI=1S/C18H20F3N3O3/c1-11(2)15-8-14(22-23(15)3)17(27)24(10-16(25)26)9-12-4-6-13(7-5-12)18(19,20)21/h4-8,11H,9-10H2,1-3H3,(H,25,26). The summed E-state index contributed by atoms with van der Waals surface area (Å²) >= 11 is 0. The fraction of sp³-hybridized carbons (Fsp3) is 0.389. The van der Waals surface area contributed by atoms with E-state index in [9.17, 15) is 22.8 Å². The van der Waals surface area contributed by atoms with Crippen LogP contribution in [-0.4, -0.2) is 38.2 Å². The van der Waals surface area contributed by atoms with Gasteiger partial charge < -0.3 is 10.0 Å². The largest absolute Gasteiger partial charge is 0.480 e. The van der Waals surface area contributed by atoms with Crippen molar-refractivity contribution in [3.8, 4) is 0 Å². The first-order chi connectivity index (χ1) is 12.5. The molecule has 0 bridgehead atoms. The summed E-state index contributed by atoms with van der Waals surface area (Å²) in [4.78, 5) is 24.9. The van der Waals surface area contributed by atoms with E-state index in [-0.39, 0.29) is 18.2 Å². The molecule has 6 nitrogen and oxygen atoms in total. The van der Waals surface area contributed by atoms with Crippen molar-refractivity contribution in [2.75, 3.05) is 6.54 Å². The number of hydrogen-bond donors (Lipinski definition) is 1. The molecule has 0 fully saturated rings. The van der Waals surface area contributed by atoms with Crippen LogP contribution >= 0.6 is 0 Å². The number of amides is 1. The number of carboxylic acids is 1. The summed E-state index contributed by atoms with van der Waals surface area (Å²) in [5, 5.41) is 13.2. The average Bonchev–Trinajstić information content (AvgIpc) is 2.95. The van der Waals surface area contributed by atoms with Crippen LogP contribution in [0.15, 0.2) is 30.3 Å². The SMILES string of the molecule is CC(C)c1cc(C(=O)N(CC(=O)O)Cc2ccc(C(F)(F)F)cc2)nn1C. The van der Waals surface area contributed by atoms with Gasteiger partial charge in [-0.1, -0.05) is 26.0 Å². The molecule has 0 aliphatic rings. The van der Waals surface area contributed by atoms with Gasteiger partial charge in [0.25, 0.3) is 5.91 Å². The van der Waals surface area contributed by atoms with E-state index in [0.717, 1.165) is 22.7 Å². The van der Waals surface area contributed by atoms with E-state index in [4.69, 9.17) is 5.11 Å². The summed E-state index contributed by atoms with van der Waals surface area (Å²) in [5.41, 5.74) is 0.476. The van der Waals surface area contributed by atoms with Crippen LogP contribution in [0.25, 0.3) is 0 Å². The van der Waals surface area contributed by atoms with E-state index in [0.29, 0.717) is 5.56 Å². The number of aryl methyl sites for hydroxylation is 1. The fourth-order valence-electron chi connectivity index (χ4n) is 2.67. The Balaban J connectivity index is 2.25. The average molecular weight is 383 g/mol. The first-order valence-corrected chi connectivity index (χ1v) is 8.20. The van der Waals surface area contributed by atoms with Gasteiger partial charge in [-0.3, -0.25) is 14.3 Å². The molecular weight excluding hydrogens is 363 g/mol. The number of carbonyl (C=O) groups excluding carboxylic acids is 1. The third kappa shape index (κ3) is 5.08. The van der Waals surface area contributed by atoms with Crippen molar-refractivity contribution in [1.82, 2.24) is 14.7 Å². The quantitative estimate of drug-likeness (QED) is 0.831. The molecule has 0 saturated heterocycles. The molecule has 0 saturated carbocycles. The van der Waals surface area contributed by atoms with Crippen LogP contribution in [0.2, 0.25) is 0 Å². The molecule has 1 aromatic carbocycles. The maximum absolute atomic E-state index is 12.7. The number of halogens is 3. The van der Waals surface area contributed by atoms with Crippen molar-refractivity contribution in [3.05, 3.63) is 52.8 Å². The minimum absolute atomic E-state index is 0.0920. The van der Waals surface area contributed by atoms with E-state index >= 15 is 0 Å². The van der Waals surface area contributed by atoms with E-state index < -0.39 is 30.2 Å². The maximum atomic E-state index is 12.7. The molecule has 0 radical (unpaired) electrons. The Morgan fingerprint density at radius 2 is 1.81 bits per heavy atom. The summed E-state index contributed by atoms with van der Waals surface area (Å²) < 4.78 is 39.5. The smallest absolute Gasteiger partial charge is 0.416 e. The Morgan fingerprint density at radius 3 is 2.26 bits per heavy atom. The molecular formula is C18H20F3N3O3. The van der Waals surface area contributed by atoms with Gasteiger partial charge in [0.05, 0.1) is 5.56 Å². The zero-order chi connectivity index (χ0) is 20.4. The maximum Gasteiger partial charge on any atom is 0.416 e. The lowest BCUT2D eigenvalue weighted by Gasteiger charge is -2.20. The summed E-state index contributed by atoms with van der Waals surface area (Å²) in [6, 6.07) is 5.84. The molecule has 146 valence electrons. The lowest BCUT2D eigenvalue weighted by atomic mass is 10.1. The van der Waals surface area contributed by atoms with Gasteiger partial charge in [-0.25, -0.2) is 0 Å². The highest BCUT2D eigenvalue weighted by molar-refractivity contribution is 5.94. The van der Waals surface area contributed by atoms with Gasteiger partial charge in [0, 0.05) is 19.3 Å². The summed E-state index contributed by atoms with van der Waals surface area (Å²) in [6.45, 7) is 3.13. The van der Waals surface area contributed by atoms with Crippen LogP contribution in [0.1, 0.15) is 47.1 Å². The molecule has 0 unspecified atom stereocenters. The van der Waals surface area contributed by atoms with Crippen molar-refractivity contribution < 1.29 is 27.9 Å². The molecule has 1 aromatic heterocycles. The Hall–Kier alpha value is -2.84. The second kappa shape index (κ2) is 7.81. The van der Waals surface area contributed by atoms with Crippen molar-refractivity contribution >= 4 is 11.9 Å². The highest BCUT2D eigenvalue weighted by Gasteiger charge is 2.30. The monoisotopic (exact) mass is 383 g/mol. The van der Waals surface area contributed by atoms with Gasteiger partial charge in [0.1, 0.15) is 6.54 Å². The van der Waals surface area contributed by atoms with Gasteiger partial charge in [-0.15, -0.1) is 0 Å². The molecule has 27 heavy (non-hydrogen) atoms. The zero-order valence-corrected chi connectivity index (χ0v) is 15.1. The molecule has 1 amide bonds. The number of aromatic nitrogens is 2. The predicted octanol–water partition coefficient (Wildman–Crippen LogP) is 3.29. The number of carboxylic acid groups (broad SMARTS) is 1. The first kappa shape index (κ1) is 20.5. The predicted molar refractivity (Wildman–Crippen MR) is 91.1 cm³/mol. The summed E-state index contributed by atoms with van der Waals surface area (Å²) in [5.74, 6) is -1.71. The van der Waals surface area contributed by atoms with Crippen LogP contribution in [0.5, 0.6) is 0 Å². The highest BCUT2D eigenvalue weighted by Crippen LogP contribution is 2.29. The van der Waals surface area contributed by atoms with Crippen LogP contribution in [0, 0.1) is 0 Å². The topological polar surface area (TPSA) is 75.4 Å². The normalized spacial score (nSPS) is 11.7. The second-order valence-electron chi connectivity index (χ2n) is 6.48. The zero-order valence-electron chi connectivity index (χ0n) is 15.1. The molecule has 0 atom stereocenters. The van der Waals surface area contributed by atoms with E-state index in [1.54, 1.807) is 17.8 Å². The van der Waals surface area contributed by atoms with Crippen molar-refractivity contribution in [1.29, 1.82) is 0 Å². The minimum atomic E-state index is -4.46. The fourth-order valence-corrected chi connectivity index (χ4v) is 2.67. The molecule has 0 aliphatic carbocycles. The van der Waals surface area contributed by atoms with Crippen LogP contribution < -0.4 is 0 Å². The molecule has 0 spiro atoms. The van der Waals surface area contributed by atoms with Crippen LogP contribution in [0.3, 0.4) is 0 Å². The number of alkyl halides is 3.